The fraction of sp³-hybridized carbons (Fsp3) is 0.125. The topological polar surface area (TPSA) is 95.1 Å². The molecule has 0 saturated carbocycles. The van der Waals surface area contributed by atoms with E-state index in [9.17, 15) is 22.2 Å². The fourth-order valence-corrected chi connectivity index (χ4v) is 2.98. The van der Waals surface area contributed by atoms with Crippen LogP contribution >= 0.6 is 0 Å². The molecule has 1 aromatic heterocycles. The molecule has 0 radical (unpaired) electrons. The molecule has 1 atom stereocenters. The molecule has 6 nitrogen and oxygen atoms in total. The smallest absolute Gasteiger partial charge is 0.289 e. The quantitative estimate of drug-likeness (QED) is 0.604. The maximum atomic E-state index is 13.2. The van der Waals surface area contributed by atoms with Crippen LogP contribution in [0.2, 0.25) is 0 Å². The molecule has 0 spiro atoms. The van der Waals surface area contributed by atoms with E-state index in [0.29, 0.717) is 16.5 Å². The molecule has 0 amide bonds. The molecule has 0 aliphatic heterocycles. The van der Waals surface area contributed by atoms with Gasteiger partial charge in [-0.05, 0) is 23.8 Å². The van der Waals surface area contributed by atoms with Gasteiger partial charge in [-0.2, -0.15) is 18.3 Å². The lowest BCUT2D eigenvalue weighted by molar-refractivity contribution is -0.136. The first-order chi connectivity index (χ1) is 12.3. The number of benzene rings is 2. The van der Waals surface area contributed by atoms with E-state index in [1.54, 1.807) is 24.3 Å². The normalized spacial score (nSPS) is 12.9. The molecule has 136 valence electrons. The van der Waals surface area contributed by atoms with E-state index < -0.39 is 28.7 Å². The van der Waals surface area contributed by atoms with Crippen LogP contribution in [0.4, 0.5) is 18.9 Å². The van der Waals surface area contributed by atoms with E-state index in [4.69, 9.17) is 4.55 Å². The van der Waals surface area contributed by atoms with Crippen LogP contribution in [0.25, 0.3) is 10.8 Å². The summed E-state index contributed by atoms with van der Waals surface area (Å²) in [4.78, 5) is 11.8. The van der Waals surface area contributed by atoms with Crippen molar-refractivity contribution in [1.82, 2.24) is 10.2 Å². The third-order valence-corrected chi connectivity index (χ3v) is 4.13. The van der Waals surface area contributed by atoms with E-state index in [0.717, 1.165) is 12.1 Å². The lowest BCUT2D eigenvalue weighted by Gasteiger charge is -2.14. The molecule has 2 aromatic carbocycles. The maximum Gasteiger partial charge on any atom is 0.418 e. The number of nitrogens with one attached hydrogen (secondary N) is 2. The second-order valence-electron chi connectivity index (χ2n) is 5.45. The van der Waals surface area contributed by atoms with Crippen molar-refractivity contribution in [3.8, 4) is 0 Å². The van der Waals surface area contributed by atoms with Crippen LogP contribution in [-0.4, -0.2) is 19.0 Å². The Labute approximate surface area is 147 Å². The minimum atomic E-state index is -4.71. The van der Waals surface area contributed by atoms with E-state index in [1.165, 1.54) is 6.07 Å². The van der Waals surface area contributed by atoms with Crippen LogP contribution in [0.15, 0.2) is 47.3 Å². The number of nitrogens with zero attached hydrogens (tertiary/aromatic N) is 1. The van der Waals surface area contributed by atoms with Gasteiger partial charge in [0.2, 0.25) is 0 Å². The van der Waals surface area contributed by atoms with Gasteiger partial charge in [-0.15, -0.1) is 0 Å². The summed E-state index contributed by atoms with van der Waals surface area (Å²) in [6.07, 6.45) is -4.67. The summed E-state index contributed by atoms with van der Waals surface area (Å²) in [5, 5.41) is 7.21. The van der Waals surface area contributed by atoms with Crippen LogP contribution in [0, 0.1) is 0 Å². The lowest BCUT2D eigenvalue weighted by atomic mass is 10.0. The molecule has 3 aromatic rings. The number of anilines is 1. The van der Waals surface area contributed by atoms with Gasteiger partial charge in [0.1, 0.15) is 0 Å². The molecule has 0 aliphatic carbocycles. The summed E-state index contributed by atoms with van der Waals surface area (Å²) in [7, 11) is 0. The minimum Gasteiger partial charge on any atom is -0.289 e. The van der Waals surface area contributed by atoms with Gasteiger partial charge in [0, 0.05) is 11.8 Å². The van der Waals surface area contributed by atoms with Crippen LogP contribution in [0.1, 0.15) is 16.8 Å². The predicted molar refractivity (Wildman–Crippen MR) is 91.0 cm³/mol. The second kappa shape index (κ2) is 6.89. The Morgan fingerprint density at radius 2 is 1.85 bits per heavy atom. The Morgan fingerprint density at radius 1 is 1.15 bits per heavy atom. The van der Waals surface area contributed by atoms with Crippen molar-refractivity contribution < 1.29 is 21.9 Å². The van der Waals surface area contributed by atoms with Crippen LogP contribution in [0.5, 0.6) is 0 Å². The Morgan fingerprint density at radius 3 is 2.50 bits per heavy atom. The number of alkyl halides is 3. The average Bonchev–Trinajstić information content (AvgIpc) is 2.57. The zero-order valence-corrected chi connectivity index (χ0v) is 13.8. The second-order valence-corrected chi connectivity index (χ2v) is 6.15. The fourth-order valence-electron chi connectivity index (χ4n) is 2.62. The van der Waals surface area contributed by atoms with Crippen molar-refractivity contribution >= 4 is 27.7 Å². The van der Waals surface area contributed by atoms with Gasteiger partial charge in [0.25, 0.3) is 16.8 Å². The van der Waals surface area contributed by atoms with Crippen LogP contribution < -0.4 is 10.3 Å². The monoisotopic (exact) mass is 383 g/mol. The zero-order valence-electron chi connectivity index (χ0n) is 13.0. The average molecular weight is 383 g/mol. The number of hydrogen-bond acceptors (Lipinski definition) is 3. The van der Waals surface area contributed by atoms with Gasteiger partial charge in [-0.1, -0.05) is 24.3 Å². The standard InChI is InChI=1S/C16H12F3N3O3S/c17-16(18,19)12-7-9(5-6-13(12)22-26(24)25)8-14-10-3-1-2-4-11(10)15(23)21-20-14/h1-7,22H,8H2,(H,21,23)(H,24,25). The molecule has 10 heteroatoms. The highest BCUT2D eigenvalue weighted by Gasteiger charge is 2.34. The summed E-state index contributed by atoms with van der Waals surface area (Å²) in [6.45, 7) is 0. The number of fused-ring (bicyclic) bond motifs is 1. The van der Waals surface area contributed by atoms with Crippen LogP contribution in [-0.2, 0) is 23.9 Å². The predicted octanol–water partition coefficient (Wildman–Crippen LogP) is 3.08. The number of hydrogen-bond donors (Lipinski definition) is 3. The van der Waals surface area contributed by atoms with Crippen molar-refractivity contribution in [2.45, 2.75) is 12.6 Å². The highest BCUT2D eigenvalue weighted by Crippen LogP contribution is 2.36. The molecular weight excluding hydrogens is 371 g/mol. The first-order valence-corrected chi connectivity index (χ1v) is 8.40. The molecule has 3 rings (SSSR count). The summed E-state index contributed by atoms with van der Waals surface area (Å²) in [6, 6.07) is 10.0. The highest BCUT2D eigenvalue weighted by atomic mass is 32.2. The summed E-state index contributed by atoms with van der Waals surface area (Å²) >= 11 is -2.63. The molecule has 0 aliphatic rings. The Hall–Kier alpha value is -2.72. The largest absolute Gasteiger partial charge is 0.418 e. The molecular formula is C16H12F3N3O3S. The minimum absolute atomic E-state index is 0.0445. The Bertz CT molecular complexity index is 1050. The van der Waals surface area contributed by atoms with Crippen molar-refractivity contribution in [3.05, 3.63) is 69.6 Å². The zero-order chi connectivity index (χ0) is 18.9. The highest BCUT2D eigenvalue weighted by molar-refractivity contribution is 7.80. The molecule has 0 saturated heterocycles. The number of aromatic nitrogens is 2. The molecule has 3 N–H and O–H groups in total. The third-order valence-electron chi connectivity index (χ3n) is 3.73. The number of rotatable bonds is 4. The first-order valence-electron chi connectivity index (χ1n) is 7.29. The number of aromatic amines is 1. The van der Waals surface area contributed by atoms with E-state index in [2.05, 4.69) is 10.2 Å². The maximum absolute atomic E-state index is 13.2. The van der Waals surface area contributed by atoms with Gasteiger partial charge in [0.05, 0.1) is 22.3 Å². The first kappa shape index (κ1) is 18.1. The number of halogens is 3. The molecule has 1 heterocycles. The summed E-state index contributed by atoms with van der Waals surface area (Å²) in [5.74, 6) is 0. The van der Waals surface area contributed by atoms with Gasteiger partial charge in [-0.25, -0.2) is 9.31 Å². The van der Waals surface area contributed by atoms with Gasteiger partial charge < -0.3 is 0 Å². The van der Waals surface area contributed by atoms with Gasteiger partial charge >= 0.3 is 6.18 Å². The molecule has 26 heavy (non-hydrogen) atoms. The van der Waals surface area contributed by atoms with Crippen molar-refractivity contribution in [3.63, 3.8) is 0 Å². The van der Waals surface area contributed by atoms with Gasteiger partial charge in [0.15, 0.2) is 0 Å². The van der Waals surface area contributed by atoms with Crippen molar-refractivity contribution in [2.75, 3.05) is 4.72 Å². The summed E-state index contributed by atoms with van der Waals surface area (Å²) in [5.41, 5.74) is -1.24. The van der Waals surface area contributed by atoms with Crippen LogP contribution in [0.3, 0.4) is 0 Å². The van der Waals surface area contributed by atoms with Crippen molar-refractivity contribution in [2.24, 2.45) is 0 Å². The lowest BCUT2D eigenvalue weighted by Crippen LogP contribution is -2.13. The molecule has 0 bridgehead atoms. The molecule has 1 unspecified atom stereocenters. The SMILES string of the molecule is O=c1[nH]nc(Cc2ccc(NS(=O)O)c(C(F)(F)F)c2)c2ccccc12. The van der Waals surface area contributed by atoms with E-state index in [1.807, 2.05) is 4.72 Å². The summed E-state index contributed by atoms with van der Waals surface area (Å²) < 4.78 is 61.2. The van der Waals surface area contributed by atoms with Gasteiger partial charge in [-0.3, -0.25) is 14.1 Å². The Balaban J connectivity index is 2.05. The Kier molecular flexibility index (Phi) is 4.79. The molecule has 0 fully saturated rings. The van der Waals surface area contributed by atoms with Crippen molar-refractivity contribution in [1.29, 1.82) is 0 Å². The number of H-pyrrole nitrogens is 1. The van der Waals surface area contributed by atoms with E-state index >= 15 is 0 Å². The van der Waals surface area contributed by atoms with E-state index in [-0.39, 0.29) is 17.5 Å². The third kappa shape index (κ3) is 3.75.